The molecule has 3 aromatic carbocycles. The molecule has 0 spiro atoms. The number of aryl methyl sites for hydroxylation is 5. The Hall–Kier alpha value is -8.04. The van der Waals surface area contributed by atoms with Gasteiger partial charge in [-0.25, -0.2) is 4.68 Å². The number of Topliss-reactive ketones (excluding diaryl/α,β-unsaturated/α-hetero) is 3. The van der Waals surface area contributed by atoms with Crippen LogP contribution >= 0.6 is 0 Å². The number of hydrogen-bond acceptors (Lipinski definition) is 14. The number of ketones is 3. The second-order valence-electron chi connectivity index (χ2n) is 30.8. The molecular weight excluding hydrogens is 1220 g/mol. The molecule has 0 amide bonds. The molecule has 0 bridgehead atoms. The molecule has 6 aromatic heterocycles. The Labute approximate surface area is 561 Å². The average molecular weight is 1310 g/mol. The summed E-state index contributed by atoms with van der Waals surface area (Å²) in [5.74, 6) is 3.34. The Bertz CT molecular complexity index is 4260. The van der Waals surface area contributed by atoms with Crippen molar-refractivity contribution in [1.29, 1.82) is 0 Å². The highest BCUT2D eigenvalue weighted by molar-refractivity contribution is 5.94. The molecule has 4 aliphatic carbocycles. The van der Waals surface area contributed by atoms with Gasteiger partial charge in [0.2, 0.25) is 5.95 Å². The van der Waals surface area contributed by atoms with Gasteiger partial charge in [-0.2, -0.15) is 35.0 Å². The van der Waals surface area contributed by atoms with E-state index in [2.05, 4.69) is 145 Å². The molecule has 20 nitrogen and oxygen atoms in total. The molecule has 6 aliphatic rings. The lowest BCUT2D eigenvalue weighted by atomic mass is 9.94. The molecule has 8 atom stereocenters. The van der Waals surface area contributed by atoms with E-state index >= 15 is 0 Å². The number of rotatable bonds is 15. The summed E-state index contributed by atoms with van der Waals surface area (Å²) in [7, 11) is 5.50. The van der Waals surface area contributed by atoms with Gasteiger partial charge >= 0.3 is 0 Å². The van der Waals surface area contributed by atoms with Gasteiger partial charge in [0, 0.05) is 137 Å². The van der Waals surface area contributed by atoms with E-state index in [0.29, 0.717) is 78.7 Å². The third-order valence-corrected chi connectivity index (χ3v) is 21.4. The maximum Gasteiger partial charge on any atom is 0.222 e. The van der Waals surface area contributed by atoms with Crippen LogP contribution in [0.25, 0.3) is 66.1 Å². The zero-order valence-corrected chi connectivity index (χ0v) is 58.8. The van der Waals surface area contributed by atoms with E-state index in [-0.39, 0.29) is 70.4 Å². The van der Waals surface area contributed by atoms with Gasteiger partial charge in [-0.3, -0.25) is 37.8 Å². The summed E-state index contributed by atoms with van der Waals surface area (Å²) in [6.45, 7) is 27.2. The summed E-state index contributed by atoms with van der Waals surface area (Å²) >= 11 is 0. The number of hydrogen-bond donors (Lipinski definition) is 0. The first-order valence-electron chi connectivity index (χ1n) is 34.6. The molecule has 4 saturated carbocycles. The number of benzene rings is 3. The largest absolute Gasteiger partial charge is 0.490 e. The van der Waals surface area contributed by atoms with E-state index in [1.54, 1.807) is 7.05 Å². The topological polar surface area (TPSA) is 204 Å². The average Bonchev–Trinajstić information content (AvgIpc) is 1.62. The third kappa shape index (κ3) is 13.4. The normalized spacial score (nSPS) is 23.6. The minimum atomic E-state index is -0.436. The van der Waals surface area contributed by atoms with Crippen LogP contribution in [0.5, 0.6) is 17.2 Å². The summed E-state index contributed by atoms with van der Waals surface area (Å²) in [4.78, 5) is 35.3. The fourth-order valence-electron chi connectivity index (χ4n) is 15.8. The summed E-state index contributed by atoms with van der Waals surface area (Å²) in [6, 6.07) is 13.0. The van der Waals surface area contributed by atoms with Gasteiger partial charge in [0.05, 0.1) is 110 Å². The monoisotopic (exact) mass is 1310 g/mol. The molecule has 8 heterocycles. The van der Waals surface area contributed by atoms with Crippen molar-refractivity contribution in [2.24, 2.45) is 38.9 Å². The van der Waals surface area contributed by atoms with Crippen molar-refractivity contribution < 1.29 is 42.5 Å². The van der Waals surface area contributed by atoms with Gasteiger partial charge in [-0.1, -0.05) is 0 Å². The highest BCUT2D eigenvalue weighted by Crippen LogP contribution is 2.48. The first-order valence-corrected chi connectivity index (χ1v) is 34.6. The summed E-state index contributed by atoms with van der Waals surface area (Å²) in [5.41, 5.74) is 9.45. The molecule has 510 valence electrons. The Morgan fingerprint density at radius 3 is 1.14 bits per heavy atom. The molecular formula is C75H95FN12O8. The predicted molar refractivity (Wildman–Crippen MR) is 367 cm³/mol. The van der Waals surface area contributed by atoms with Gasteiger partial charge in [-0.05, 0) is 175 Å². The van der Waals surface area contributed by atoms with Crippen LogP contribution in [0.15, 0.2) is 73.6 Å². The fraction of sp³-hybridized carbons (Fsp3) is 0.560. The molecule has 15 rings (SSSR count). The minimum Gasteiger partial charge on any atom is -0.490 e. The smallest absolute Gasteiger partial charge is 0.222 e. The lowest BCUT2D eigenvalue weighted by Crippen LogP contribution is -2.31. The number of carbonyl (C=O) groups excluding carboxylic acids is 3. The van der Waals surface area contributed by atoms with Gasteiger partial charge < -0.3 is 23.7 Å². The SMILES string of the molecule is C[C@@H](Oc1cc(-c2cnn(C3CC(C)(C)OC3(C)C)c2)cc2nn(C)c(F)c12)[C@H]1CCC(=O)C1.Cc1c2c(O[C@H](C)[C@H]3CCC(=O)C3)cc(-c3cnn(C4CC(C)(C)OC4(C)C)c3)cc2nn1C.Cc1c2c(O[C@H](C)[C@H]3CCC(=O)C3)cc(-c3cnn(C4CC4)c3)cc2nn1C. The molecule has 6 fully saturated rings. The maximum absolute atomic E-state index is 14.9. The number of nitrogens with zero attached hydrogens (tertiary/aromatic N) is 12. The van der Waals surface area contributed by atoms with E-state index in [1.807, 2.05) is 76.7 Å². The first kappa shape index (κ1) is 66.6. The summed E-state index contributed by atoms with van der Waals surface area (Å²) < 4.78 is 57.9. The fourth-order valence-corrected chi connectivity index (χ4v) is 15.8. The van der Waals surface area contributed by atoms with Gasteiger partial charge in [0.15, 0.2) is 0 Å². The number of fused-ring (bicyclic) bond motifs is 3. The van der Waals surface area contributed by atoms with Crippen LogP contribution in [0, 0.1) is 37.5 Å². The third-order valence-electron chi connectivity index (χ3n) is 21.4. The van der Waals surface area contributed by atoms with E-state index in [0.717, 1.165) is 110 Å². The zero-order valence-electron chi connectivity index (χ0n) is 58.8. The standard InChI is InChI=1S/C27H36N4O3.C26H33FN4O3.C22H26N4O2/c1-16-25-22(29-30(16)7)11-19(12-23(25)33-17(2)18-8-9-21(32)10-18)20-14-28-31(15-20)24-13-26(3,4)34-27(24,5)6;1-15(16-7-8-19(32)9-16)33-21-11-17(10-20-23(21)24(27)30(6)29-20)18-13-28-31(14-18)22-12-25(2,3)34-26(22,4)5;1-13-22-20(24-25(13)3)9-16(17-11-23-26(12-17)18-5-6-18)10-21(22)28-14(2)15-4-7-19(27)8-15/h11-12,14-15,17-18,24H,8-10,13H2,1-7H3;10-11,13-16,22H,7-9,12H2,1-6H3;9-12,14-15,18H,4-8H2,1-3H3/t17-,18+,24?;15-,16+,22?;14-,15+/m111/s1. The molecule has 9 aromatic rings. The van der Waals surface area contributed by atoms with Crippen molar-refractivity contribution in [1.82, 2.24) is 58.7 Å². The Balaban J connectivity index is 0.000000131. The van der Waals surface area contributed by atoms with Crippen LogP contribution in [0.1, 0.15) is 189 Å². The highest BCUT2D eigenvalue weighted by atomic mass is 19.1. The molecule has 0 N–H and O–H groups in total. The lowest BCUT2D eigenvalue weighted by Gasteiger charge is -2.27. The van der Waals surface area contributed by atoms with Crippen LogP contribution in [0.4, 0.5) is 4.39 Å². The van der Waals surface area contributed by atoms with Gasteiger partial charge in [0.1, 0.15) is 34.6 Å². The first-order chi connectivity index (χ1) is 45.4. The Morgan fingerprint density at radius 2 is 0.802 bits per heavy atom. The van der Waals surface area contributed by atoms with E-state index in [4.69, 9.17) is 33.9 Å². The van der Waals surface area contributed by atoms with Crippen LogP contribution < -0.4 is 14.2 Å². The van der Waals surface area contributed by atoms with Crippen molar-refractivity contribution in [3.8, 4) is 50.6 Å². The van der Waals surface area contributed by atoms with Crippen molar-refractivity contribution in [3.63, 3.8) is 0 Å². The maximum atomic E-state index is 14.9. The van der Waals surface area contributed by atoms with E-state index < -0.39 is 5.95 Å². The quantitative estimate of drug-likeness (QED) is 0.0937. The van der Waals surface area contributed by atoms with E-state index in [1.165, 1.54) is 17.5 Å². The minimum absolute atomic E-state index is 0.00121. The van der Waals surface area contributed by atoms with Crippen molar-refractivity contribution in [2.45, 2.75) is 232 Å². The second-order valence-corrected chi connectivity index (χ2v) is 30.8. The van der Waals surface area contributed by atoms with Crippen molar-refractivity contribution >= 4 is 50.1 Å². The predicted octanol–water partition coefficient (Wildman–Crippen LogP) is 14.8. The van der Waals surface area contributed by atoms with Crippen molar-refractivity contribution in [3.05, 3.63) is 90.9 Å². The zero-order chi connectivity index (χ0) is 68.2. The molecule has 96 heavy (non-hydrogen) atoms. The Kier molecular flexibility index (Phi) is 17.4. The Morgan fingerprint density at radius 1 is 0.469 bits per heavy atom. The number of aromatic nitrogens is 12. The summed E-state index contributed by atoms with van der Waals surface area (Å²) in [5, 5.41) is 30.2. The van der Waals surface area contributed by atoms with E-state index in [9.17, 15) is 18.8 Å². The van der Waals surface area contributed by atoms with Crippen molar-refractivity contribution in [2.75, 3.05) is 0 Å². The molecule has 0 radical (unpaired) electrons. The molecule has 2 unspecified atom stereocenters. The molecule has 2 saturated heterocycles. The lowest BCUT2D eigenvalue weighted by molar-refractivity contribution is -0.118. The van der Waals surface area contributed by atoms with Crippen LogP contribution in [0.3, 0.4) is 0 Å². The van der Waals surface area contributed by atoms with Gasteiger partial charge in [-0.15, -0.1) is 0 Å². The van der Waals surface area contributed by atoms with Crippen LogP contribution in [-0.2, 0) is 45.0 Å². The van der Waals surface area contributed by atoms with Crippen LogP contribution in [0.2, 0.25) is 0 Å². The second kappa shape index (κ2) is 25.1. The van der Waals surface area contributed by atoms with Gasteiger partial charge in [0.25, 0.3) is 0 Å². The van der Waals surface area contributed by atoms with Crippen LogP contribution in [-0.4, -0.2) is 117 Å². The number of carbonyl (C=O) groups is 3. The molecule has 21 heteroatoms. The number of halogens is 1. The number of ether oxygens (including phenoxy) is 5. The molecule has 2 aliphatic heterocycles. The highest BCUT2D eigenvalue weighted by Gasteiger charge is 2.49. The summed E-state index contributed by atoms with van der Waals surface area (Å²) in [6.07, 6.45) is 22.2.